The van der Waals surface area contributed by atoms with E-state index in [2.05, 4.69) is 16.0 Å². The van der Waals surface area contributed by atoms with E-state index in [0.717, 1.165) is 31.2 Å². The molecule has 3 aliphatic rings. The maximum Gasteiger partial charge on any atom is 0.323 e. The Balaban J connectivity index is 1.25. The lowest BCUT2D eigenvalue weighted by Crippen LogP contribution is -2.48. The van der Waals surface area contributed by atoms with Crippen LogP contribution < -0.4 is 20.7 Å². The number of carbonyl (C=O) groups excluding carboxylic acids is 2. The van der Waals surface area contributed by atoms with Gasteiger partial charge in [-0.25, -0.2) is 9.18 Å². The lowest BCUT2D eigenvalue weighted by molar-refractivity contribution is -0.142. The predicted molar refractivity (Wildman–Crippen MR) is 133 cm³/mol. The number of rotatable bonds is 6. The van der Waals surface area contributed by atoms with Crippen LogP contribution in [0.15, 0.2) is 42.5 Å². The number of amides is 3. The molecular formula is C27H32FN3O5. The van der Waals surface area contributed by atoms with Gasteiger partial charge in [0.15, 0.2) is 0 Å². The fraction of sp³-hybridized carbons (Fsp3) is 0.481. The summed E-state index contributed by atoms with van der Waals surface area (Å²) in [6.45, 7) is -0.216. The molecule has 5 rings (SSSR count). The first kappa shape index (κ1) is 24.5. The van der Waals surface area contributed by atoms with Crippen molar-refractivity contribution in [2.45, 2.75) is 75.2 Å². The van der Waals surface area contributed by atoms with Crippen LogP contribution in [0.4, 0.5) is 20.6 Å². The lowest BCUT2D eigenvalue weighted by atomic mass is 9.84. The van der Waals surface area contributed by atoms with Gasteiger partial charge in [-0.05, 0) is 49.6 Å². The Kier molecular flexibility index (Phi) is 7.38. The van der Waals surface area contributed by atoms with Crippen LogP contribution in [0, 0.1) is 5.82 Å². The zero-order valence-corrected chi connectivity index (χ0v) is 20.0. The van der Waals surface area contributed by atoms with Crippen molar-refractivity contribution in [1.29, 1.82) is 0 Å². The number of ether oxygens (including phenoxy) is 2. The number of hydrogen-bond acceptors (Lipinski definition) is 5. The highest BCUT2D eigenvalue weighted by Gasteiger charge is 2.46. The summed E-state index contributed by atoms with van der Waals surface area (Å²) in [7, 11) is 0. The molecule has 1 saturated heterocycles. The van der Waals surface area contributed by atoms with Crippen molar-refractivity contribution in [3.63, 3.8) is 0 Å². The third-order valence-corrected chi connectivity index (χ3v) is 7.26. The average Bonchev–Trinajstić information content (AvgIpc) is 3.23. The number of benzene rings is 2. The highest BCUT2D eigenvalue weighted by molar-refractivity contribution is 5.99. The van der Waals surface area contributed by atoms with Gasteiger partial charge in [-0.3, -0.25) is 4.79 Å². The summed E-state index contributed by atoms with van der Waals surface area (Å²) in [5.74, 6) is 0.0317. The average molecular weight is 498 g/mol. The van der Waals surface area contributed by atoms with Crippen LogP contribution in [-0.4, -0.2) is 48.0 Å². The summed E-state index contributed by atoms with van der Waals surface area (Å²) in [5.41, 5.74) is 1.51. The molecule has 0 radical (unpaired) electrons. The minimum atomic E-state index is -0.562. The largest absolute Gasteiger partial charge is 0.487 e. The first-order valence-corrected chi connectivity index (χ1v) is 12.7. The van der Waals surface area contributed by atoms with Crippen molar-refractivity contribution in [3.8, 4) is 5.75 Å². The Labute approximate surface area is 209 Å². The van der Waals surface area contributed by atoms with Gasteiger partial charge in [0, 0.05) is 23.2 Å². The Morgan fingerprint density at radius 1 is 1.06 bits per heavy atom. The summed E-state index contributed by atoms with van der Waals surface area (Å²) in [6, 6.07) is 10.9. The molecule has 192 valence electrons. The molecule has 4 atom stereocenters. The van der Waals surface area contributed by atoms with Gasteiger partial charge in [0.1, 0.15) is 23.8 Å². The van der Waals surface area contributed by atoms with Gasteiger partial charge >= 0.3 is 6.03 Å². The number of urea groups is 1. The van der Waals surface area contributed by atoms with Crippen LogP contribution >= 0.6 is 0 Å². The molecule has 4 N–H and O–H groups in total. The lowest BCUT2D eigenvalue weighted by Gasteiger charge is -2.37. The van der Waals surface area contributed by atoms with Crippen LogP contribution in [0.3, 0.4) is 0 Å². The SMILES string of the molecule is O=C(C[C@H]1C[C@@H]2c3cc(NC(=O)Nc4ccccc4F)ccc3O[C@@H]2[C@@H](CO)O1)NC1CCCCC1. The van der Waals surface area contributed by atoms with Gasteiger partial charge in [-0.2, -0.15) is 0 Å². The maximum atomic E-state index is 13.9. The van der Waals surface area contributed by atoms with Crippen molar-refractivity contribution in [2.24, 2.45) is 0 Å². The van der Waals surface area contributed by atoms with Crippen LogP contribution in [0.25, 0.3) is 0 Å². The number of anilines is 2. The van der Waals surface area contributed by atoms with E-state index < -0.39 is 18.0 Å². The third-order valence-electron chi connectivity index (χ3n) is 7.26. The molecule has 2 aliphatic heterocycles. The number of nitrogens with one attached hydrogen (secondary N) is 3. The monoisotopic (exact) mass is 497 g/mol. The normalized spacial score (nSPS) is 25.3. The van der Waals surface area contributed by atoms with E-state index >= 15 is 0 Å². The van der Waals surface area contributed by atoms with Crippen LogP contribution in [0.5, 0.6) is 5.75 Å². The molecular weight excluding hydrogens is 465 g/mol. The molecule has 1 aliphatic carbocycles. The van der Waals surface area contributed by atoms with Gasteiger partial charge in [0.05, 0.1) is 24.8 Å². The fourth-order valence-corrected chi connectivity index (χ4v) is 5.55. The number of hydrogen-bond donors (Lipinski definition) is 4. The summed E-state index contributed by atoms with van der Waals surface area (Å²) in [4.78, 5) is 25.1. The molecule has 0 spiro atoms. The first-order valence-electron chi connectivity index (χ1n) is 12.7. The van der Waals surface area contributed by atoms with E-state index in [-0.39, 0.29) is 48.8 Å². The van der Waals surface area contributed by atoms with E-state index in [1.807, 2.05) is 6.07 Å². The molecule has 0 unspecified atom stereocenters. The smallest absolute Gasteiger partial charge is 0.323 e. The van der Waals surface area contributed by atoms with Gasteiger partial charge in [0.25, 0.3) is 0 Å². The third kappa shape index (κ3) is 5.47. The molecule has 2 aromatic carbocycles. The van der Waals surface area contributed by atoms with Crippen LogP contribution in [0.2, 0.25) is 0 Å². The van der Waals surface area contributed by atoms with Gasteiger partial charge < -0.3 is 30.5 Å². The number of para-hydroxylation sites is 1. The second-order valence-electron chi connectivity index (χ2n) is 9.82. The Morgan fingerprint density at radius 2 is 1.86 bits per heavy atom. The van der Waals surface area contributed by atoms with E-state index in [4.69, 9.17) is 9.47 Å². The Hall–Kier alpha value is -3.17. The molecule has 0 bridgehead atoms. The highest BCUT2D eigenvalue weighted by atomic mass is 19.1. The van der Waals surface area contributed by atoms with Crippen molar-refractivity contribution >= 4 is 23.3 Å². The second-order valence-corrected chi connectivity index (χ2v) is 9.82. The Morgan fingerprint density at radius 3 is 2.64 bits per heavy atom. The number of aliphatic hydroxyl groups is 1. The molecule has 2 aromatic rings. The quantitative estimate of drug-likeness (QED) is 0.476. The molecule has 2 heterocycles. The standard InChI is InChI=1S/C27H32FN3O5/c28-21-8-4-5-9-22(21)31-27(34)30-17-10-11-23-19(12-17)20-13-18(35-24(15-32)26(20)36-23)14-25(33)29-16-6-2-1-3-7-16/h4-5,8-12,16,18,20,24,26,32H,1-3,6-7,13-15H2,(H,29,33)(H2,30,31,34)/t18-,20-,24-,26+/m1/s1. The summed E-state index contributed by atoms with van der Waals surface area (Å²) in [5, 5.41) is 18.4. The predicted octanol–water partition coefficient (Wildman–Crippen LogP) is 4.30. The molecule has 3 amide bonds. The molecule has 1 saturated carbocycles. The Bertz CT molecular complexity index is 1110. The van der Waals surface area contributed by atoms with Crippen molar-refractivity contribution < 1.29 is 28.6 Å². The van der Waals surface area contributed by atoms with Crippen molar-refractivity contribution in [2.75, 3.05) is 17.2 Å². The number of aliphatic hydroxyl groups excluding tert-OH is 1. The number of fused-ring (bicyclic) bond motifs is 3. The second kappa shape index (κ2) is 10.8. The van der Waals surface area contributed by atoms with E-state index in [1.54, 1.807) is 24.3 Å². The van der Waals surface area contributed by atoms with E-state index in [0.29, 0.717) is 17.9 Å². The molecule has 36 heavy (non-hydrogen) atoms. The zero-order chi connectivity index (χ0) is 25.1. The molecule has 8 nitrogen and oxygen atoms in total. The summed E-state index contributed by atoms with van der Waals surface area (Å²) in [6.07, 6.45) is 5.07. The molecule has 0 aromatic heterocycles. The molecule has 9 heteroatoms. The maximum absolute atomic E-state index is 13.9. The van der Waals surface area contributed by atoms with Gasteiger partial charge in [0.2, 0.25) is 5.91 Å². The fourth-order valence-electron chi connectivity index (χ4n) is 5.55. The zero-order valence-electron chi connectivity index (χ0n) is 20.0. The van der Waals surface area contributed by atoms with Crippen molar-refractivity contribution in [3.05, 3.63) is 53.8 Å². The highest BCUT2D eigenvalue weighted by Crippen LogP contribution is 2.47. The van der Waals surface area contributed by atoms with Crippen LogP contribution in [-0.2, 0) is 9.53 Å². The number of carbonyl (C=O) groups is 2. The van der Waals surface area contributed by atoms with Gasteiger partial charge in [-0.15, -0.1) is 0 Å². The summed E-state index contributed by atoms with van der Waals surface area (Å²) < 4.78 is 26.0. The molecule has 2 fully saturated rings. The van der Waals surface area contributed by atoms with Crippen molar-refractivity contribution in [1.82, 2.24) is 5.32 Å². The number of halogens is 1. The topological polar surface area (TPSA) is 109 Å². The van der Waals surface area contributed by atoms with Gasteiger partial charge in [-0.1, -0.05) is 31.4 Å². The van der Waals surface area contributed by atoms with E-state index in [1.165, 1.54) is 18.6 Å². The van der Waals surface area contributed by atoms with Crippen LogP contribution in [0.1, 0.15) is 56.4 Å². The minimum Gasteiger partial charge on any atom is -0.487 e. The summed E-state index contributed by atoms with van der Waals surface area (Å²) >= 11 is 0. The minimum absolute atomic E-state index is 0.0265. The van der Waals surface area contributed by atoms with E-state index in [9.17, 15) is 19.1 Å². The first-order chi connectivity index (χ1) is 17.5.